The average Bonchev–Trinajstić information content (AvgIpc) is 2.64. The van der Waals surface area contributed by atoms with Gasteiger partial charge in [-0.2, -0.15) is 0 Å². The van der Waals surface area contributed by atoms with E-state index >= 15 is 0 Å². The molecule has 0 aliphatic carbocycles. The van der Waals surface area contributed by atoms with Crippen LogP contribution >= 0.6 is 0 Å². The molecule has 7 heteroatoms. The fourth-order valence-corrected chi connectivity index (χ4v) is 3.88. The number of nitrogens with zero attached hydrogens (tertiary/aromatic N) is 1. The Morgan fingerprint density at radius 1 is 1.08 bits per heavy atom. The van der Waals surface area contributed by atoms with E-state index in [1.165, 1.54) is 25.8 Å². The molecule has 0 atom stereocenters. The summed E-state index contributed by atoms with van der Waals surface area (Å²) in [4.78, 5) is 2.19. The van der Waals surface area contributed by atoms with Crippen LogP contribution in [0.5, 0.6) is 11.5 Å². The third kappa shape index (κ3) is 4.89. The van der Waals surface area contributed by atoms with Crippen molar-refractivity contribution in [3.8, 4) is 11.5 Å². The average molecular weight is 378 g/mol. The maximum Gasteiger partial charge on any atom is 0.244 e. The zero-order valence-corrected chi connectivity index (χ0v) is 16.5. The number of likely N-dealkylation sites (N-methyl/N-ethyl adjacent to an activating group) is 1. The monoisotopic (exact) mass is 378 g/mol. The highest BCUT2D eigenvalue weighted by molar-refractivity contribution is 7.89. The lowest BCUT2D eigenvalue weighted by molar-refractivity contribution is 0.392. The van der Waals surface area contributed by atoms with Crippen LogP contribution in [0.1, 0.15) is 12.5 Å². The molecule has 0 heterocycles. The number of sulfonamides is 1. The maximum absolute atomic E-state index is 12.7. The Balaban J connectivity index is 2.10. The number of nitrogens with one attached hydrogen (secondary N) is 1. The quantitative estimate of drug-likeness (QED) is 0.727. The van der Waals surface area contributed by atoms with Crippen molar-refractivity contribution in [2.45, 2.75) is 18.7 Å². The molecule has 0 bridgehead atoms. The molecule has 0 saturated carbocycles. The molecule has 2 aromatic rings. The van der Waals surface area contributed by atoms with Crippen molar-refractivity contribution in [3.05, 3.63) is 48.0 Å². The maximum atomic E-state index is 12.7. The topological polar surface area (TPSA) is 67.9 Å². The van der Waals surface area contributed by atoms with Gasteiger partial charge in [0, 0.05) is 31.4 Å². The Labute approximate surface area is 155 Å². The van der Waals surface area contributed by atoms with Crippen LogP contribution in [0.15, 0.2) is 47.4 Å². The van der Waals surface area contributed by atoms with E-state index in [0.29, 0.717) is 12.3 Å². The van der Waals surface area contributed by atoms with E-state index in [-0.39, 0.29) is 17.2 Å². The molecule has 0 spiro atoms. The molecule has 142 valence electrons. The predicted molar refractivity (Wildman–Crippen MR) is 104 cm³/mol. The smallest absolute Gasteiger partial charge is 0.244 e. The lowest BCUT2D eigenvalue weighted by Gasteiger charge is -2.23. The van der Waals surface area contributed by atoms with Crippen LogP contribution in [0.2, 0.25) is 0 Å². The standard InChI is InChI=1S/C19H26N2O4S/c1-5-21(16-8-6-7-15(2)13-16)12-11-20-26(22,23)19-14-17(24-3)9-10-18(19)25-4/h6-10,13-14,20H,5,11-12H2,1-4H3. The van der Waals surface area contributed by atoms with Crippen LogP contribution in [0.4, 0.5) is 5.69 Å². The van der Waals surface area contributed by atoms with E-state index in [4.69, 9.17) is 9.47 Å². The highest BCUT2D eigenvalue weighted by Gasteiger charge is 2.20. The number of methoxy groups -OCH3 is 2. The van der Waals surface area contributed by atoms with Crippen molar-refractivity contribution in [2.75, 3.05) is 38.8 Å². The largest absolute Gasteiger partial charge is 0.497 e. The first-order valence-electron chi connectivity index (χ1n) is 8.44. The summed E-state index contributed by atoms with van der Waals surface area (Å²) in [6.07, 6.45) is 0. The number of anilines is 1. The second-order valence-electron chi connectivity index (χ2n) is 5.83. The highest BCUT2D eigenvalue weighted by atomic mass is 32.2. The Kier molecular flexibility index (Phi) is 6.88. The van der Waals surface area contributed by atoms with Crippen LogP contribution in [0.3, 0.4) is 0 Å². The number of aryl methyl sites for hydroxylation is 1. The molecule has 0 fully saturated rings. The van der Waals surface area contributed by atoms with Gasteiger partial charge < -0.3 is 14.4 Å². The van der Waals surface area contributed by atoms with Crippen LogP contribution in [-0.2, 0) is 10.0 Å². The molecular weight excluding hydrogens is 352 g/mol. The predicted octanol–water partition coefficient (Wildman–Crippen LogP) is 2.82. The highest BCUT2D eigenvalue weighted by Crippen LogP contribution is 2.28. The van der Waals surface area contributed by atoms with Gasteiger partial charge in [0.25, 0.3) is 0 Å². The van der Waals surface area contributed by atoms with E-state index in [9.17, 15) is 8.42 Å². The van der Waals surface area contributed by atoms with E-state index in [0.717, 1.165) is 12.2 Å². The van der Waals surface area contributed by atoms with Gasteiger partial charge in [-0.25, -0.2) is 13.1 Å². The number of hydrogen-bond donors (Lipinski definition) is 1. The molecule has 1 N–H and O–H groups in total. The van der Waals surface area contributed by atoms with E-state index in [2.05, 4.69) is 15.7 Å². The van der Waals surface area contributed by atoms with E-state index in [1.54, 1.807) is 12.1 Å². The molecule has 0 aromatic heterocycles. The van der Waals surface area contributed by atoms with Gasteiger partial charge in [-0.1, -0.05) is 12.1 Å². The van der Waals surface area contributed by atoms with Crippen molar-refractivity contribution in [2.24, 2.45) is 0 Å². The van der Waals surface area contributed by atoms with Gasteiger partial charge >= 0.3 is 0 Å². The molecular formula is C19H26N2O4S. The zero-order chi connectivity index (χ0) is 19.2. The molecule has 6 nitrogen and oxygen atoms in total. The normalized spacial score (nSPS) is 11.2. The summed E-state index contributed by atoms with van der Waals surface area (Å²) in [6.45, 7) is 5.71. The van der Waals surface area contributed by atoms with Gasteiger partial charge in [-0.15, -0.1) is 0 Å². The molecule has 0 amide bonds. The van der Waals surface area contributed by atoms with Gasteiger partial charge in [-0.3, -0.25) is 0 Å². The van der Waals surface area contributed by atoms with Gasteiger partial charge in [0.1, 0.15) is 16.4 Å². The Bertz CT molecular complexity index is 837. The van der Waals surface area contributed by atoms with E-state index in [1.807, 2.05) is 32.0 Å². The Morgan fingerprint density at radius 2 is 1.85 bits per heavy atom. The second-order valence-corrected chi connectivity index (χ2v) is 7.57. The Morgan fingerprint density at radius 3 is 2.46 bits per heavy atom. The zero-order valence-electron chi connectivity index (χ0n) is 15.7. The first kappa shape index (κ1) is 20.1. The summed E-state index contributed by atoms with van der Waals surface area (Å²) in [6, 6.07) is 12.8. The summed E-state index contributed by atoms with van der Waals surface area (Å²) in [5.41, 5.74) is 2.24. The van der Waals surface area contributed by atoms with Gasteiger partial charge in [0.2, 0.25) is 10.0 Å². The van der Waals surface area contributed by atoms with Crippen LogP contribution in [-0.4, -0.2) is 42.3 Å². The molecule has 2 aromatic carbocycles. The van der Waals surface area contributed by atoms with Crippen LogP contribution in [0.25, 0.3) is 0 Å². The third-order valence-electron chi connectivity index (χ3n) is 4.08. The molecule has 0 unspecified atom stereocenters. The lowest BCUT2D eigenvalue weighted by atomic mass is 10.2. The minimum atomic E-state index is -3.71. The first-order valence-corrected chi connectivity index (χ1v) is 9.93. The van der Waals surface area contributed by atoms with Gasteiger partial charge in [-0.05, 0) is 43.7 Å². The van der Waals surface area contributed by atoms with Gasteiger partial charge in [0.15, 0.2) is 0 Å². The van der Waals surface area contributed by atoms with Crippen LogP contribution < -0.4 is 19.1 Å². The number of rotatable bonds is 9. The summed E-state index contributed by atoms with van der Waals surface area (Å²) in [5, 5.41) is 0. The fourth-order valence-electron chi connectivity index (χ4n) is 2.68. The minimum Gasteiger partial charge on any atom is -0.497 e. The molecule has 26 heavy (non-hydrogen) atoms. The molecule has 0 radical (unpaired) electrons. The van der Waals surface area contributed by atoms with Crippen molar-refractivity contribution in [1.82, 2.24) is 4.72 Å². The van der Waals surface area contributed by atoms with E-state index < -0.39 is 10.0 Å². The second kappa shape index (κ2) is 8.91. The summed E-state index contributed by atoms with van der Waals surface area (Å²) < 4.78 is 38.3. The van der Waals surface area contributed by atoms with Crippen molar-refractivity contribution < 1.29 is 17.9 Å². The summed E-state index contributed by atoms with van der Waals surface area (Å²) >= 11 is 0. The van der Waals surface area contributed by atoms with Crippen molar-refractivity contribution in [1.29, 1.82) is 0 Å². The number of hydrogen-bond acceptors (Lipinski definition) is 5. The van der Waals surface area contributed by atoms with Crippen molar-refractivity contribution in [3.63, 3.8) is 0 Å². The minimum absolute atomic E-state index is 0.0676. The molecule has 2 rings (SSSR count). The molecule has 0 aliphatic heterocycles. The summed E-state index contributed by atoms with van der Waals surface area (Å²) in [5.74, 6) is 0.741. The third-order valence-corrected chi connectivity index (χ3v) is 5.56. The van der Waals surface area contributed by atoms with Gasteiger partial charge in [0.05, 0.1) is 14.2 Å². The first-order chi connectivity index (χ1) is 12.4. The fraction of sp³-hybridized carbons (Fsp3) is 0.368. The summed E-state index contributed by atoms with van der Waals surface area (Å²) in [7, 11) is -0.777. The molecule has 0 aliphatic rings. The lowest BCUT2D eigenvalue weighted by Crippen LogP contribution is -2.35. The number of benzene rings is 2. The number of ether oxygens (including phenoxy) is 2. The van der Waals surface area contributed by atoms with Crippen molar-refractivity contribution >= 4 is 15.7 Å². The Hall–Kier alpha value is -2.25. The van der Waals surface area contributed by atoms with Crippen LogP contribution in [0, 0.1) is 6.92 Å². The SMILES string of the molecule is CCN(CCNS(=O)(=O)c1cc(OC)ccc1OC)c1cccc(C)c1. The molecule has 0 saturated heterocycles.